The lowest BCUT2D eigenvalue weighted by molar-refractivity contribution is 0.0946. The van der Waals surface area contributed by atoms with Crippen molar-refractivity contribution in [3.63, 3.8) is 0 Å². The highest BCUT2D eigenvalue weighted by Crippen LogP contribution is 2.18. The van der Waals surface area contributed by atoms with Gasteiger partial charge in [0.2, 0.25) is 0 Å². The average molecular weight is 309 g/mol. The fourth-order valence-corrected chi connectivity index (χ4v) is 1.88. The van der Waals surface area contributed by atoms with Crippen LogP contribution in [0.1, 0.15) is 22.8 Å². The summed E-state index contributed by atoms with van der Waals surface area (Å²) in [6, 6.07) is 6.85. The summed E-state index contributed by atoms with van der Waals surface area (Å²) in [6.45, 7) is 2.06. The van der Waals surface area contributed by atoms with Crippen LogP contribution in [0.4, 0.5) is 13.2 Å². The monoisotopic (exact) mass is 309 g/mol. The zero-order chi connectivity index (χ0) is 16.1. The van der Waals surface area contributed by atoms with Gasteiger partial charge < -0.3 is 10.1 Å². The summed E-state index contributed by atoms with van der Waals surface area (Å²) in [5.41, 5.74) is 0.0810. The first-order valence-electron chi connectivity index (χ1n) is 6.65. The molecule has 0 saturated heterocycles. The van der Waals surface area contributed by atoms with Gasteiger partial charge in [-0.1, -0.05) is 6.07 Å². The second-order valence-electron chi connectivity index (χ2n) is 4.50. The molecule has 0 aliphatic heterocycles. The molecular weight excluding hydrogens is 295 g/mol. The maximum absolute atomic E-state index is 13.7. The van der Waals surface area contributed by atoms with Crippen molar-refractivity contribution in [2.24, 2.45) is 0 Å². The molecule has 6 heteroatoms. The molecule has 22 heavy (non-hydrogen) atoms. The van der Waals surface area contributed by atoms with Crippen molar-refractivity contribution < 1.29 is 22.7 Å². The van der Waals surface area contributed by atoms with Gasteiger partial charge in [-0.05, 0) is 42.8 Å². The number of carbonyl (C=O) groups excluding carboxylic acids is 1. The summed E-state index contributed by atoms with van der Waals surface area (Å²) in [4.78, 5) is 11.8. The maximum Gasteiger partial charge on any atom is 0.254 e. The van der Waals surface area contributed by atoms with Crippen molar-refractivity contribution in [1.29, 1.82) is 0 Å². The molecule has 0 saturated carbocycles. The third-order valence-corrected chi connectivity index (χ3v) is 2.92. The number of halogens is 3. The molecule has 0 unspecified atom stereocenters. The van der Waals surface area contributed by atoms with Crippen LogP contribution in [0.25, 0.3) is 0 Å². The highest BCUT2D eigenvalue weighted by Gasteiger charge is 2.13. The standard InChI is InChI=1S/C16H14F3NO2/c1-2-22-15-6-3-10(7-14(15)19)9-20-16(21)12-8-11(17)4-5-13(12)18/h3-8H,2,9H2,1H3,(H,20,21). The second-order valence-corrected chi connectivity index (χ2v) is 4.50. The fraction of sp³-hybridized carbons (Fsp3) is 0.188. The van der Waals surface area contributed by atoms with E-state index in [0.29, 0.717) is 12.2 Å². The summed E-state index contributed by atoms with van der Waals surface area (Å²) in [5, 5.41) is 2.41. The van der Waals surface area contributed by atoms with Crippen LogP contribution in [0, 0.1) is 17.5 Å². The van der Waals surface area contributed by atoms with E-state index in [4.69, 9.17) is 4.74 Å². The molecule has 0 atom stereocenters. The summed E-state index contributed by atoms with van der Waals surface area (Å²) in [7, 11) is 0. The van der Waals surface area contributed by atoms with Gasteiger partial charge >= 0.3 is 0 Å². The number of rotatable bonds is 5. The molecule has 0 radical (unpaired) electrons. The van der Waals surface area contributed by atoms with Crippen LogP contribution in [-0.4, -0.2) is 12.5 Å². The molecule has 0 spiro atoms. The quantitative estimate of drug-likeness (QED) is 0.919. The molecule has 116 valence electrons. The summed E-state index contributed by atoms with van der Waals surface area (Å²) in [6.07, 6.45) is 0. The second kappa shape index (κ2) is 6.98. The van der Waals surface area contributed by atoms with Crippen LogP contribution in [0.3, 0.4) is 0 Å². The van der Waals surface area contributed by atoms with Crippen molar-refractivity contribution in [3.05, 3.63) is 65.0 Å². The molecule has 1 amide bonds. The van der Waals surface area contributed by atoms with E-state index in [0.717, 1.165) is 18.2 Å². The topological polar surface area (TPSA) is 38.3 Å². The maximum atomic E-state index is 13.7. The zero-order valence-electron chi connectivity index (χ0n) is 11.8. The van der Waals surface area contributed by atoms with Gasteiger partial charge in [-0.25, -0.2) is 13.2 Å². The number of carbonyl (C=O) groups is 1. The number of hydrogen-bond donors (Lipinski definition) is 1. The Bertz CT molecular complexity index is 689. The Morgan fingerprint density at radius 3 is 2.55 bits per heavy atom. The molecule has 0 aliphatic rings. The van der Waals surface area contributed by atoms with Crippen molar-refractivity contribution in [1.82, 2.24) is 5.32 Å². The van der Waals surface area contributed by atoms with Gasteiger partial charge in [-0.3, -0.25) is 4.79 Å². The molecule has 1 N–H and O–H groups in total. The van der Waals surface area contributed by atoms with Gasteiger partial charge in [-0.15, -0.1) is 0 Å². The third-order valence-electron chi connectivity index (χ3n) is 2.92. The largest absolute Gasteiger partial charge is 0.491 e. The minimum absolute atomic E-state index is 0.0158. The molecule has 3 nitrogen and oxygen atoms in total. The number of nitrogens with one attached hydrogen (secondary N) is 1. The first-order valence-corrected chi connectivity index (χ1v) is 6.65. The Morgan fingerprint density at radius 1 is 1.09 bits per heavy atom. The van der Waals surface area contributed by atoms with Crippen LogP contribution < -0.4 is 10.1 Å². The van der Waals surface area contributed by atoms with E-state index in [9.17, 15) is 18.0 Å². The Hall–Kier alpha value is -2.50. The predicted molar refractivity (Wildman–Crippen MR) is 75.1 cm³/mol. The molecule has 2 aromatic rings. The summed E-state index contributed by atoms with van der Waals surface area (Å²) >= 11 is 0. The number of hydrogen-bond acceptors (Lipinski definition) is 2. The number of ether oxygens (including phenoxy) is 1. The van der Waals surface area contributed by atoms with E-state index in [-0.39, 0.29) is 12.3 Å². The van der Waals surface area contributed by atoms with Crippen LogP contribution in [-0.2, 0) is 6.54 Å². The molecule has 0 heterocycles. The highest BCUT2D eigenvalue weighted by molar-refractivity contribution is 5.94. The lowest BCUT2D eigenvalue weighted by atomic mass is 10.1. The van der Waals surface area contributed by atoms with E-state index >= 15 is 0 Å². The van der Waals surface area contributed by atoms with E-state index in [1.165, 1.54) is 12.1 Å². The molecule has 0 bridgehead atoms. The Kier molecular flexibility index (Phi) is 5.04. The number of amides is 1. The van der Waals surface area contributed by atoms with E-state index in [2.05, 4.69) is 5.32 Å². The van der Waals surface area contributed by atoms with Gasteiger partial charge in [-0.2, -0.15) is 0 Å². The van der Waals surface area contributed by atoms with Crippen molar-refractivity contribution in [3.8, 4) is 5.75 Å². The Labute approximate surface area is 125 Å². The van der Waals surface area contributed by atoms with Crippen molar-refractivity contribution in [2.45, 2.75) is 13.5 Å². The highest BCUT2D eigenvalue weighted by atomic mass is 19.1. The first-order chi connectivity index (χ1) is 10.5. The van der Waals surface area contributed by atoms with Gasteiger partial charge in [0.05, 0.1) is 12.2 Å². The SMILES string of the molecule is CCOc1ccc(CNC(=O)c2cc(F)ccc2F)cc1F. The Balaban J connectivity index is 2.05. The van der Waals surface area contributed by atoms with Crippen LogP contribution in [0.2, 0.25) is 0 Å². The molecule has 0 aliphatic carbocycles. The minimum atomic E-state index is -0.822. The fourth-order valence-electron chi connectivity index (χ4n) is 1.88. The van der Waals surface area contributed by atoms with Crippen LogP contribution >= 0.6 is 0 Å². The van der Waals surface area contributed by atoms with Crippen molar-refractivity contribution in [2.75, 3.05) is 6.61 Å². The van der Waals surface area contributed by atoms with Gasteiger partial charge in [0.1, 0.15) is 11.6 Å². The summed E-state index contributed by atoms with van der Waals surface area (Å²) < 4.78 is 45.2. The predicted octanol–water partition coefficient (Wildman–Crippen LogP) is 3.43. The number of benzene rings is 2. The summed E-state index contributed by atoms with van der Waals surface area (Å²) in [5.74, 6) is -2.74. The minimum Gasteiger partial charge on any atom is -0.491 e. The molecule has 2 rings (SSSR count). The van der Waals surface area contributed by atoms with E-state index < -0.39 is 28.9 Å². The average Bonchev–Trinajstić information content (AvgIpc) is 2.50. The first kappa shape index (κ1) is 15.9. The van der Waals surface area contributed by atoms with Gasteiger partial charge in [0.25, 0.3) is 5.91 Å². The molecule has 0 fully saturated rings. The van der Waals surface area contributed by atoms with Crippen LogP contribution in [0.5, 0.6) is 5.75 Å². The third kappa shape index (κ3) is 3.78. The smallest absolute Gasteiger partial charge is 0.254 e. The van der Waals surface area contributed by atoms with Gasteiger partial charge in [0, 0.05) is 6.54 Å². The van der Waals surface area contributed by atoms with Gasteiger partial charge in [0.15, 0.2) is 11.6 Å². The lowest BCUT2D eigenvalue weighted by Gasteiger charge is -2.09. The van der Waals surface area contributed by atoms with Crippen molar-refractivity contribution >= 4 is 5.91 Å². The Morgan fingerprint density at radius 2 is 1.86 bits per heavy atom. The molecular formula is C16H14F3NO2. The molecule has 0 aromatic heterocycles. The van der Waals surface area contributed by atoms with E-state index in [1.807, 2.05) is 0 Å². The van der Waals surface area contributed by atoms with Crippen LogP contribution in [0.15, 0.2) is 36.4 Å². The lowest BCUT2D eigenvalue weighted by Crippen LogP contribution is -2.24. The normalized spacial score (nSPS) is 10.4. The van der Waals surface area contributed by atoms with E-state index in [1.54, 1.807) is 13.0 Å². The zero-order valence-corrected chi connectivity index (χ0v) is 11.8. The molecule has 2 aromatic carbocycles.